The molecule has 0 aromatic carbocycles. The molecule has 0 aromatic heterocycles. The Labute approximate surface area is 90.5 Å². The Bertz CT molecular complexity index is 185. The molecule has 0 bridgehead atoms. The van der Waals surface area contributed by atoms with Crippen molar-refractivity contribution in [3.8, 4) is 0 Å². The van der Waals surface area contributed by atoms with E-state index >= 15 is 0 Å². The van der Waals surface area contributed by atoms with E-state index in [-0.39, 0.29) is 0 Å². The number of hydrogen-bond donors (Lipinski definition) is 0. The molecule has 2 unspecified atom stereocenters. The molecule has 1 aliphatic rings. The van der Waals surface area contributed by atoms with Crippen LogP contribution in [0.4, 0.5) is 0 Å². The fraction of sp³-hybridized carbons (Fsp3) is 0.929. The molecule has 1 aliphatic carbocycles. The highest BCUT2D eigenvalue weighted by Gasteiger charge is 2.48. The third-order valence-corrected chi connectivity index (χ3v) is 4.39. The van der Waals surface area contributed by atoms with Gasteiger partial charge in [0, 0.05) is 0 Å². The van der Waals surface area contributed by atoms with Gasteiger partial charge in [0.1, 0.15) is 0 Å². The van der Waals surface area contributed by atoms with Gasteiger partial charge in [0.15, 0.2) is 0 Å². The monoisotopic (exact) mass is 195 g/mol. The first kappa shape index (κ1) is 12.1. The zero-order chi connectivity index (χ0) is 11.0. The standard InChI is InChI=1S/C14H27/c1-11(2)14(13(4,5)6)10-8-7-9-12(14)3/h10-12H,7-9H2,1-6H3. The van der Waals surface area contributed by atoms with Gasteiger partial charge in [-0.2, -0.15) is 0 Å². The molecule has 0 nitrogen and oxygen atoms in total. The summed E-state index contributed by atoms with van der Waals surface area (Å²) in [6, 6.07) is 0. The fourth-order valence-corrected chi connectivity index (χ4v) is 3.92. The van der Waals surface area contributed by atoms with E-state index < -0.39 is 0 Å². The van der Waals surface area contributed by atoms with Crippen molar-refractivity contribution >= 4 is 0 Å². The second kappa shape index (κ2) is 3.87. The number of rotatable bonds is 1. The van der Waals surface area contributed by atoms with Crippen LogP contribution in [0.5, 0.6) is 0 Å². The molecule has 0 saturated heterocycles. The van der Waals surface area contributed by atoms with Crippen molar-refractivity contribution in [1.82, 2.24) is 0 Å². The van der Waals surface area contributed by atoms with E-state index in [0.717, 1.165) is 11.8 Å². The summed E-state index contributed by atoms with van der Waals surface area (Å²) in [7, 11) is 0. The summed E-state index contributed by atoms with van der Waals surface area (Å²) in [4.78, 5) is 0. The molecule has 0 N–H and O–H groups in total. The lowest BCUT2D eigenvalue weighted by Gasteiger charge is -2.54. The van der Waals surface area contributed by atoms with Gasteiger partial charge >= 0.3 is 0 Å². The van der Waals surface area contributed by atoms with Crippen molar-refractivity contribution < 1.29 is 0 Å². The van der Waals surface area contributed by atoms with Crippen molar-refractivity contribution in [2.45, 2.75) is 60.8 Å². The molecule has 0 aliphatic heterocycles. The highest BCUT2D eigenvalue weighted by molar-refractivity contribution is 5.07. The first-order chi connectivity index (χ1) is 6.32. The maximum absolute atomic E-state index is 2.63. The Balaban J connectivity index is 3.02. The Kier molecular flexibility index (Phi) is 3.33. The van der Waals surface area contributed by atoms with Crippen LogP contribution in [0.15, 0.2) is 0 Å². The van der Waals surface area contributed by atoms with Crippen LogP contribution in [0.3, 0.4) is 0 Å². The van der Waals surface area contributed by atoms with Gasteiger partial charge in [0.05, 0.1) is 0 Å². The third kappa shape index (κ3) is 1.73. The Hall–Kier alpha value is 0. The average Bonchev–Trinajstić information content (AvgIpc) is 2.02. The molecule has 0 spiro atoms. The van der Waals surface area contributed by atoms with Crippen LogP contribution in [0.2, 0.25) is 0 Å². The molecule has 0 amide bonds. The van der Waals surface area contributed by atoms with Gasteiger partial charge in [-0.3, -0.25) is 0 Å². The zero-order valence-corrected chi connectivity index (χ0v) is 10.9. The predicted molar refractivity (Wildman–Crippen MR) is 64.0 cm³/mol. The quantitative estimate of drug-likeness (QED) is 0.569. The summed E-state index contributed by atoms with van der Waals surface area (Å²) < 4.78 is 0. The van der Waals surface area contributed by atoms with Crippen LogP contribution >= 0.6 is 0 Å². The minimum Gasteiger partial charge on any atom is -0.0622 e. The molecule has 0 heteroatoms. The van der Waals surface area contributed by atoms with Gasteiger partial charge in [-0.05, 0) is 35.5 Å². The van der Waals surface area contributed by atoms with Gasteiger partial charge in [0.25, 0.3) is 0 Å². The molecule has 1 saturated carbocycles. The second-order valence-electron chi connectivity index (χ2n) is 6.37. The molecule has 0 aromatic rings. The molecular formula is C14H27. The van der Waals surface area contributed by atoms with Gasteiger partial charge in [-0.1, -0.05) is 54.4 Å². The van der Waals surface area contributed by atoms with Crippen molar-refractivity contribution in [3.05, 3.63) is 6.42 Å². The van der Waals surface area contributed by atoms with E-state index in [2.05, 4.69) is 48.0 Å². The van der Waals surface area contributed by atoms with Crippen molar-refractivity contribution in [1.29, 1.82) is 0 Å². The van der Waals surface area contributed by atoms with E-state index in [1.54, 1.807) is 0 Å². The van der Waals surface area contributed by atoms with E-state index in [1.807, 2.05) is 0 Å². The summed E-state index contributed by atoms with van der Waals surface area (Å²) in [5.74, 6) is 1.61. The molecule has 83 valence electrons. The average molecular weight is 195 g/mol. The summed E-state index contributed by atoms with van der Waals surface area (Å²) in [6.07, 6.45) is 6.75. The molecule has 2 atom stereocenters. The largest absolute Gasteiger partial charge is 0.0622 e. The lowest BCUT2D eigenvalue weighted by Crippen LogP contribution is -2.47. The van der Waals surface area contributed by atoms with Crippen molar-refractivity contribution in [2.75, 3.05) is 0 Å². The predicted octanol–water partition coefficient (Wildman–Crippen LogP) is 4.70. The van der Waals surface area contributed by atoms with Crippen LogP contribution in [0.1, 0.15) is 60.8 Å². The van der Waals surface area contributed by atoms with E-state index in [1.165, 1.54) is 19.3 Å². The van der Waals surface area contributed by atoms with Gasteiger partial charge in [-0.15, -0.1) is 0 Å². The van der Waals surface area contributed by atoms with Gasteiger partial charge in [-0.25, -0.2) is 0 Å². The van der Waals surface area contributed by atoms with Crippen LogP contribution in [-0.2, 0) is 0 Å². The highest BCUT2D eigenvalue weighted by atomic mass is 14.5. The highest BCUT2D eigenvalue weighted by Crippen LogP contribution is 2.56. The second-order valence-corrected chi connectivity index (χ2v) is 6.37. The third-order valence-electron chi connectivity index (χ3n) is 4.39. The van der Waals surface area contributed by atoms with Crippen molar-refractivity contribution in [2.24, 2.45) is 22.7 Å². The summed E-state index contributed by atoms with van der Waals surface area (Å²) in [5, 5.41) is 0. The fourth-order valence-electron chi connectivity index (χ4n) is 3.92. The molecule has 1 radical (unpaired) electrons. The topological polar surface area (TPSA) is 0 Å². The summed E-state index contributed by atoms with van der Waals surface area (Å²) >= 11 is 0. The molecule has 0 heterocycles. The minimum atomic E-state index is 0.404. The van der Waals surface area contributed by atoms with Crippen LogP contribution in [0.25, 0.3) is 0 Å². The van der Waals surface area contributed by atoms with E-state index in [0.29, 0.717) is 10.8 Å². The maximum atomic E-state index is 2.63. The molecule has 1 rings (SSSR count). The smallest absolute Gasteiger partial charge is 0.0169 e. The Morgan fingerprint density at radius 3 is 2.14 bits per heavy atom. The Morgan fingerprint density at radius 1 is 1.29 bits per heavy atom. The maximum Gasteiger partial charge on any atom is -0.0169 e. The first-order valence-corrected chi connectivity index (χ1v) is 6.16. The number of hydrogen-bond acceptors (Lipinski definition) is 0. The van der Waals surface area contributed by atoms with Crippen molar-refractivity contribution in [3.63, 3.8) is 0 Å². The summed E-state index contributed by atoms with van der Waals surface area (Å²) in [6.45, 7) is 14.5. The first-order valence-electron chi connectivity index (χ1n) is 6.16. The normalized spacial score (nSPS) is 34.9. The van der Waals surface area contributed by atoms with Crippen LogP contribution in [0, 0.1) is 29.1 Å². The SMILES string of the molecule is CC(C)C1(C(C)(C)C)[CH]CCCC1C. The minimum absolute atomic E-state index is 0.404. The van der Waals surface area contributed by atoms with E-state index in [4.69, 9.17) is 0 Å². The lowest BCUT2D eigenvalue weighted by molar-refractivity contribution is -0.0128. The van der Waals surface area contributed by atoms with E-state index in [9.17, 15) is 0 Å². The van der Waals surface area contributed by atoms with Crippen LogP contribution < -0.4 is 0 Å². The summed E-state index contributed by atoms with van der Waals surface area (Å²) in [5.41, 5.74) is 0.853. The Morgan fingerprint density at radius 2 is 1.86 bits per heavy atom. The molecule has 1 fully saturated rings. The zero-order valence-electron chi connectivity index (χ0n) is 10.9. The van der Waals surface area contributed by atoms with Gasteiger partial charge in [0.2, 0.25) is 0 Å². The van der Waals surface area contributed by atoms with Crippen LogP contribution in [-0.4, -0.2) is 0 Å². The molecular weight excluding hydrogens is 168 g/mol. The van der Waals surface area contributed by atoms with Gasteiger partial charge < -0.3 is 0 Å². The lowest BCUT2D eigenvalue weighted by atomic mass is 9.50. The molecule has 14 heavy (non-hydrogen) atoms.